The molecule has 5 rings (SSSR count). The molecule has 0 spiro atoms. The normalized spacial score (nSPS) is 13.6. The summed E-state index contributed by atoms with van der Waals surface area (Å²) in [5.41, 5.74) is 0.909. The van der Waals surface area contributed by atoms with Crippen LogP contribution in [0.15, 0.2) is 65.6 Å². The van der Waals surface area contributed by atoms with Gasteiger partial charge in [0, 0.05) is 45.0 Å². The zero-order valence-corrected chi connectivity index (χ0v) is 24.1. The van der Waals surface area contributed by atoms with E-state index in [0.717, 1.165) is 13.1 Å². The van der Waals surface area contributed by atoms with Gasteiger partial charge < -0.3 is 23.8 Å². The third-order valence-corrected chi connectivity index (χ3v) is 7.42. The van der Waals surface area contributed by atoms with Crippen LogP contribution in [0.2, 0.25) is 0 Å². The fraction of sp³-hybridized carbons (Fsp3) is 0.281. The molecule has 1 aliphatic heterocycles. The maximum atomic E-state index is 14.3. The van der Waals surface area contributed by atoms with Gasteiger partial charge in [-0.15, -0.1) is 0 Å². The molecule has 3 heterocycles. The zero-order chi connectivity index (χ0) is 30.7. The molecule has 0 atom stereocenters. The number of ether oxygens (including phenoxy) is 2. The number of rotatable bonds is 7. The Morgan fingerprint density at radius 2 is 1.67 bits per heavy atom. The van der Waals surface area contributed by atoms with E-state index in [1.807, 2.05) is 7.05 Å². The van der Waals surface area contributed by atoms with Gasteiger partial charge in [-0.3, -0.25) is 14.6 Å². The van der Waals surface area contributed by atoms with Crippen LogP contribution in [0.1, 0.15) is 49.1 Å². The van der Waals surface area contributed by atoms with E-state index in [0.29, 0.717) is 29.7 Å². The van der Waals surface area contributed by atoms with Gasteiger partial charge in [-0.25, -0.2) is 14.0 Å². The Morgan fingerprint density at radius 1 is 0.953 bits per heavy atom. The summed E-state index contributed by atoms with van der Waals surface area (Å²) in [6.45, 7) is 4.14. The number of nitrogens with zero attached hydrogens (tertiary/aromatic N) is 4. The molecule has 11 heteroatoms. The summed E-state index contributed by atoms with van der Waals surface area (Å²) in [4.78, 5) is 61.0. The second kappa shape index (κ2) is 12.5. The maximum Gasteiger partial charge on any atom is 0.347 e. The lowest BCUT2D eigenvalue weighted by atomic mass is 9.98. The molecule has 1 saturated heterocycles. The van der Waals surface area contributed by atoms with Gasteiger partial charge in [0.25, 0.3) is 11.5 Å². The van der Waals surface area contributed by atoms with Crippen molar-refractivity contribution < 1.29 is 28.2 Å². The van der Waals surface area contributed by atoms with Crippen molar-refractivity contribution in [1.82, 2.24) is 19.4 Å². The first kappa shape index (κ1) is 29.6. The molecule has 0 saturated carbocycles. The number of aromatic nitrogens is 2. The fourth-order valence-corrected chi connectivity index (χ4v) is 5.02. The average molecular weight is 587 g/mol. The lowest BCUT2D eigenvalue weighted by Gasteiger charge is -2.32. The number of likely N-dealkylation sites (N-methyl/N-ethyl adjacent to an activating group) is 1. The molecule has 2 aromatic heterocycles. The third-order valence-electron chi connectivity index (χ3n) is 7.42. The number of aryl methyl sites for hydroxylation is 1. The van der Waals surface area contributed by atoms with Crippen LogP contribution in [0, 0.1) is 5.82 Å². The second-order valence-electron chi connectivity index (χ2n) is 10.3. The molecule has 0 bridgehead atoms. The van der Waals surface area contributed by atoms with Crippen LogP contribution < -0.4 is 10.3 Å². The van der Waals surface area contributed by atoms with Crippen molar-refractivity contribution in [2.24, 2.45) is 7.05 Å². The number of amides is 1. The maximum absolute atomic E-state index is 14.3. The summed E-state index contributed by atoms with van der Waals surface area (Å²) >= 11 is 0. The summed E-state index contributed by atoms with van der Waals surface area (Å²) in [5.74, 6) is -2.78. The molecule has 4 aromatic rings. The van der Waals surface area contributed by atoms with Gasteiger partial charge in [-0.1, -0.05) is 24.3 Å². The van der Waals surface area contributed by atoms with Crippen LogP contribution in [0.25, 0.3) is 11.0 Å². The number of carbonyl (C=O) groups excluding carboxylic acids is 3. The largest absolute Gasteiger partial charge is 0.462 e. The van der Waals surface area contributed by atoms with Gasteiger partial charge in [-0.2, -0.15) is 0 Å². The van der Waals surface area contributed by atoms with Gasteiger partial charge in [-0.05, 0) is 61.9 Å². The van der Waals surface area contributed by atoms with E-state index in [2.05, 4.69) is 9.88 Å². The fourth-order valence-electron chi connectivity index (χ4n) is 5.02. The Hall–Kier alpha value is -4.90. The molecule has 1 fully saturated rings. The first-order valence-electron chi connectivity index (χ1n) is 13.9. The highest BCUT2D eigenvalue weighted by Gasteiger charge is 2.28. The average Bonchev–Trinajstić information content (AvgIpc) is 3.01. The van der Waals surface area contributed by atoms with Crippen LogP contribution in [0.3, 0.4) is 0 Å². The van der Waals surface area contributed by atoms with Gasteiger partial charge >= 0.3 is 11.9 Å². The van der Waals surface area contributed by atoms with Crippen LogP contribution >= 0.6 is 0 Å². The zero-order valence-electron chi connectivity index (χ0n) is 24.1. The van der Waals surface area contributed by atoms with E-state index in [9.17, 15) is 23.6 Å². The summed E-state index contributed by atoms with van der Waals surface area (Å²) in [7, 11) is 3.46. The number of piperazine rings is 1. The number of carbonyl (C=O) groups is 3. The van der Waals surface area contributed by atoms with Crippen molar-refractivity contribution >= 4 is 28.9 Å². The smallest absolute Gasteiger partial charge is 0.347 e. The van der Waals surface area contributed by atoms with E-state index < -0.39 is 28.9 Å². The molecule has 1 aliphatic rings. The molecular formula is C32H31FN4O6. The number of fused-ring (bicyclic) bond motifs is 1. The Morgan fingerprint density at radius 3 is 2.37 bits per heavy atom. The lowest BCUT2D eigenvalue weighted by molar-refractivity contribution is 0.0517. The SMILES string of the molecule is CCOC(=O)c1c(OC(=O)c2ccccc2)c2ncc(Cc3ccc(F)cc3C(=O)N3CCN(C)CC3)cc2n(C)c1=O. The molecule has 0 aliphatic carbocycles. The van der Waals surface area contributed by atoms with Crippen molar-refractivity contribution in [3.8, 4) is 5.75 Å². The molecule has 0 radical (unpaired) electrons. The standard InChI is InChI=1S/C32H31FN4O6/c1-4-42-32(41)26-28(43-31(40)21-8-6-5-7-9-21)27-25(36(3)30(26)39)17-20(19-34-27)16-22-10-11-23(33)18-24(22)29(38)37-14-12-35(2)13-15-37/h5-11,17-19H,4,12-16H2,1-3H3. The number of esters is 2. The van der Waals surface area contributed by atoms with Crippen molar-refractivity contribution in [2.45, 2.75) is 13.3 Å². The minimum atomic E-state index is -0.940. The molecule has 222 valence electrons. The second-order valence-corrected chi connectivity index (χ2v) is 10.3. The Kier molecular flexibility index (Phi) is 8.63. The molecule has 2 aromatic carbocycles. The number of hydrogen-bond acceptors (Lipinski definition) is 8. The highest BCUT2D eigenvalue weighted by Crippen LogP contribution is 2.29. The minimum absolute atomic E-state index is 0.00527. The molecule has 10 nitrogen and oxygen atoms in total. The highest BCUT2D eigenvalue weighted by molar-refractivity contribution is 6.02. The minimum Gasteiger partial charge on any atom is -0.462 e. The summed E-state index contributed by atoms with van der Waals surface area (Å²) in [6.07, 6.45) is 1.72. The predicted molar refractivity (Wildman–Crippen MR) is 157 cm³/mol. The van der Waals surface area contributed by atoms with Crippen LogP contribution in [-0.2, 0) is 18.2 Å². The van der Waals surface area contributed by atoms with E-state index in [1.54, 1.807) is 54.3 Å². The first-order valence-corrected chi connectivity index (χ1v) is 13.9. The molecule has 43 heavy (non-hydrogen) atoms. The molecular weight excluding hydrogens is 555 g/mol. The van der Waals surface area contributed by atoms with Gasteiger partial charge in [0.15, 0.2) is 11.3 Å². The molecule has 1 amide bonds. The Bertz CT molecular complexity index is 1760. The van der Waals surface area contributed by atoms with Gasteiger partial charge in [0.2, 0.25) is 0 Å². The van der Waals surface area contributed by atoms with E-state index >= 15 is 0 Å². The Balaban J connectivity index is 1.56. The number of pyridine rings is 2. The third kappa shape index (κ3) is 6.17. The number of halogens is 1. The van der Waals surface area contributed by atoms with Crippen LogP contribution in [-0.4, -0.2) is 77.0 Å². The first-order chi connectivity index (χ1) is 20.7. The number of hydrogen-bond donors (Lipinski definition) is 0. The van der Waals surface area contributed by atoms with Crippen molar-refractivity contribution in [3.63, 3.8) is 0 Å². The van der Waals surface area contributed by atoms with Crippen molar-refractivity contribution in [2.75, 3.05) is 39.8 Å². The van der Waals surface area contributed by atoms with E-state index in [4.69, 9.17) is 9.47 Å². The summed E-state index contributed by atoms with van der Waals surface area (Å²) in [5, 5.41) is 0. The van der Waals surface area contributed by atoms with Crippen molar-refractivity contribution in [3.05, 3.63) is 105 Å². The summed E-state index contributed by atoms with van der Waals surface area (Å²) in [6, 6.07) is 13.9. The van der Waals surface area contributed by atoms with Crippen molar-refractivity contribution in [1.29, 1.82) is 0 Å². The monoisotopic (exact) mass is 586 g/mol. The molecule has 0 N–H and O–H groups in total. The lowest BCUT2D eigenvalue weighted by Crippen LogP contribution is -2.47. The van der Waals surface area contributed by atoms with Crippen LogP contribution in [0.5, 0.6) is 5.75 Å². The van der Waals surface area contributed by atoms with Gasteiger partial charge in [0.05, 0.1) is 17.7 Å². The quantitative estimate of drug-likeness (QED) is 0.303. The molecule has 0 unspecified atom stereocenters. The topological polar surface area (TPSA) is 111 Å². The Labute approximate surface area is 247 Å². The summed E-state index contributed by atoms with van der Waals surface area (Å²) < 4.78 is 26.3. The van der Waals surface area contributed by atoms with E-state index in [-0.39, 0.29) is 41.3 Å². The van der Waals surface area contributed by atoms with Crippen LogP contribution in [0.4, 0.5) is 4.39 Å². The predicted octanol–water partition coefficient (Wildman–Crippen LogP) is 3.45. The number of benzene rings is 2. The highest BCUT2D eigenvalue weighted by atomic mass is 19.1. The van der Waals surface area contributed by atoms with Gasteiger partial charge in [0.1, 0.15) is 11.3 Å². The van der Waals surface area contributed by atoms with E-state index in [1.165, 1.54) is 29.9 Å².